The second kappa shape index (κ2) is 5.83. The second-order valence-corrected chi connectivity index (χ2v) is 4.65. The lowest BCUT2D eigenvalue weighted by atomic mass is 10.1. The van der Waals surface area contributed by atoms with Crippen LogP contribution < -0.4 is 11.1 Å². The number of benzene rings is 1. The first kappa shape index (κ1) is 14.2. The van der Waals surface area contributed by atoms with Crippen molar-refractivity contribution in [1.29, 1.82) is 0 Å². The van der Waals surface area contributed by atoms with Gasteiger partial charge >= 0.3 is 0 Å². The van der Waals surface area contributed by atoms with Gasteiger partial charge in [-0.3, -0.25) is 9.48 Å². The van der Waals surface area contributed by atoms with Gasteiger partial charge in [-0.1, -0.05) is 0 Å². The highest BCUT2D eigenvalue weighted by molar-refractivity contribution is 5.92. The molecule has 0 bridgehead atoms. The molecule has 1 aromatic carbocycles. The molecular weight excluding hydrogens is 259 g/mol. The van der Waals surface area contributed by atoms with E-state index in [9.17, 15) is 9.18 Å². The van der Waals surface area contributed by atoms with Gasteiger partial charge < -0.3 is 11.1 Å². The zero-order valence-corrected chi connectivity index (χ0v) is 11.5. The third-order valence-corrected chi connectivity index (χ3v) is 3.30. The third-order valence-electron chi connectivity index (χ3n) is 3.30. The van der Waals surface area contributed by atoms with E-state index in [-0.39, 0.29) is 5.82 Å². The Morgan fingerprint density at radius 3 is 2.70 bits per heavy atom. The van der Waals surface area contributed by atoms with Crippen molar-refractivity contribution in [3.8, 4) is 0 Å². The summed E-state index contributed by atoms with van der Waals surface area (Å²) in [5.41, 5.74) is 8.02. The molecule has 0 radical (unpaired) electrons. The average molecular weight is 276 g/mol. The summed E-state index contributed by atoms with van der Waals surface area (Å²) in [6.07, 6.45) is 1.78. The molecule has 6 heteroatoms. The Morgan fingerprint density at radius 2 is 2.10 bits per heavy atom. The molecule has 106 valence electrons. The Balaban J connectivity index is 2.02. The number of primary amides is 1. The van der Waals surface area contributed by atoms with E-state index in [2.05, 4.69) is 10.4 Å². The number of nitrogens with zero attached hydrogens (tertiary/aromatic N) is 2. The zero-order chi connectivity index (χ0) is 14.7. The van der Waals surface area contributed by atoms with E-state index in [0.29, 0.717) is 24.2 Å². The number of carbonyl (C=O) groups is 1. The standard InChI is InChI=1S/C14H17FN4O/c1-9-12(8-18-19(9)2)7-17-6-11-5-10(14(16)20)3-4-13(11)15/h3-5,8,17H,6-7H2,1-2H3,(H2,16,20). The minimum absolute atomic E-state index is 0.306. The average Bonchev–Trinajstić information content (AvgIpc) is 2.72. The number of rotatable bonds is 5. The molecule has 0 aliphatic carbocycles. The van der Waals surface area contributed by atoms with Crippen molar-refractivity contribution in [2.75, 3.05) is 0 Å². The minimum atomic E-state index is -0.561. The van der Waals surface area contributed by atoms with Crippen molar-refractivity contribution in [1.82, 2.24) is 15.1 Å². The number of hydrogen-bond donors (Lipinski definition) is 2. The van der Waals surface area contributed by atoms with Crippen LogP contribution in [0.25, 0.3) is 0 Å². The molecule has 0 aliphatic rings. The molecule has 0 unspecified atom stereocenters. The first-order chi connectivity index (χ1) is 9.49. The van der Waals surface area contributed by atoms with Crippen LogP contribution in [-0.2, 0) is 20.1 Å². The molecule has 20 heavy (non-hydrogen) atoms. The predicted molar refractivity (Wildman–Crippen MR) is 73.4 cm³/mol. The molecule has 0 fully saturated rings. The predicted octanol–water partition coefficient (Wildman–Crippen LogP) is 1.26. The van der Waals surface area contributed by atoms with Crippen LogP contribution in [0.5, 0.6) is 0 Å². The maximum atomic E-state index is 13.6. The summed E-state index contributed by atoms with van der Waals surface area (Å²) < 4.78 is 15.4. The summed E-state index contributed by atoms with van der Waals surface area (Å²) in [4.78, 5) is 11.1. The fraction of sp³-hybridized carbons (Fsp3) is 0.286. The molecule has 0 saturated carbocycles. The van der Waals surface area contributed by atoms with E-state index in [0.717, 1.165) is 11.3 Å². The molecule has 1 aromatic heterocycles. The highest BCUT2D eigenvalue weighted by atomic mass is 19.1. The quantitative estimate of drug-likeness (QED) is 0.863. The van der Waals surface area contributed by atoms with Crippen molar-refractivity contribution >= 4 is 5.91 Å². The molecule has 0 saturated heterocycles. The minimum Gasteiger partial charge on any atom is -0.366 e. The Hall–Kier alpha value is -2.21. The number of carbonyl (C=O) groups excluding carboxylic acids is 1. The van der Waals surface area contributed by atoms with Crippen LogP contribution in [0.2, 0.25) is 0 Å². The lowest BCUT2D eigenvalue weighted by Crippen LogP contribution is -2.16. The van der Waals surface area contributed by atoms with Crippen LogP contribution in [-0.4, -0.2) is 15.7 Å². The van der Waals surface area contributed by atoms with E-state index >= 15 is 0 Å². The molecule has 0 aliphatic heterocycles. The molecule has 5 nitrogen and oxygen atoms in total. The molecule has 1 heterocycles. The Labute approximate surface area is 116 Å². The number of nitrogens with one attached hydrogen (secondary N) is 1. The summed E-state index contributed by atoms with van der Waals surface area (Å²) in [5, 5.41) is 7.27. The smallest absolute Gasteiger partial charge is 0.248 e. The lowest BCUT2D eigenvalue weighted by molar-refractivity contribution is 0.1000. The van der Waals surface area contributed by atoms with Gasteiger partial charge in [-0.2, -0.15) is 5.10 Å². The molecule has 2 rings (SSSR count). The maximum Gasteiger partial charge on any atom is 0.248 e. The molecular formula is C14H17FN4O. The van der Waals surface area contributed by atoms with Crippen LogP contribution in [0, 0.1) is 12.7 Å². The van der Waals surface area contributed by atoms with Crippen molar-refractivity contribution in [2.45, 2.75) is 20.0 Å². The van der Waals surface area contributed by atoms with E-state index in [4.69, 9.17) is 5.73 Å². The van der Waals surface area contributed by atoms with E-state index < -0.39 is 5.91 Å². The van der Waals surface area contributed by atoms with Crippen LogP contribution in [0.3, 0.4) is 0 Å². The van der Waals surface area contributed by atoms with Gasteiger partial charge in [0.1, 0.15) is 5.82 Å². The summed E-state index contributed by atoms with van der Waals surface area (Å²) >= 11 is 0. The fourth-order valence-electron chi connectivity index (χ4n) is 1.91. The highest BCUT2D eigenvalue weighted by Crippen LogP contribution is 2.11. The monoisotopic (exact) mass is 276 g/mol. The molecule has 0 atom stereocenters. The normalized spacial score (nSPS) is 10.8. The number of halogens is 1. The van der Waals surface area contributed by atoms with Gasteiger partial charge in [-0.25, -0.2) is 4.39 Å². The van der Waals surface area contributed by atoms with Gasteiger partial charge in [0, 0.05) is 42.5 Å². The molecule has 2 aromatic rings. The van der Waals surface area contributed by atoms with E-state index in [1.807, 2.05) is 14.0 Å². The van der Waals surface area contributed by atoms with E-state index in [1.54, 1.807) is 10.9 Å². The van der Waals surface area contributed by atoms with Crippen molar-refractivity contribution in [3.63, 3.8) is 0 Å². The Kier molecular flexibility index (Phi) is 4.14. The van der Waals surface area contributed by atoms with Gasteiger partial charge in [0.15, 0.2) is 0 Å². The summed E-state index contributed by atoms with van der Waals surface area (Å²) in [6, 6.07) is 4.11. The van der Waals surface area contributed by atoms with Gasteiger partial charge in [0.05, 0.1) is 6.20 Å². The summed E-state index contributed by atoms with van der Waals surface area (Å²) in [7, 11) is 1.87. The SMILES string of the molecule is Cc1c(CNCc2cc(C(N)=O)ccc2F)cnn1C. The summed E-state index contributed by atoms with van der Waals surface area (Å²) in [5.74, 6) is -0.917. The number of nitrogens with two attached hydrogens (primary N) is 1. The molecule has 1 amide bonds. The fourth-order valence-corrected chi connectivity index (χ4v) is 1.91. The lowest BCUT2D eigenvalue weighted by Gasteiger charge is -2.07. The second-order valence-electron chi connectivity index (χ2n) is 4.65. The molecule has 0 spiro atoms. The van der Waals surface area contributed by atoms with Gasteiger partial charge in [0.25, 0.3) is 0 Å². The summed E-state index contributed by atoms with van der Waals surface area (Å²) in [6.45, 7) is 2.87. The van der Waals surface area contributed by atoms with Crippen LogP contribution >= 0.6 is 0 Å². The topological polar surface area (TPSA) is 72.9 Å². The van der Waals surface area contributed by atoms with E-state index in [1.165, 1.54) is 18.2 Å². The third kappa shape index (κ3) is 3.03. The van der Waals surface area contributed by atoms with Crippen molar-refractivity contribution < 1.29 is 9.18 Å². The van der Waals surface area contributed by atoms with Gasteiger partial charge in [-0.05, 0) is 25.1 Å². The van der Waals surface area contributed by atoms with Gasteiger partial charge in [0.2, 0.25) is 5.91 Å². The number of amides is 1. The largest absolute Gasteiger partial charge is 0.366 e. The van der Waals surface area contributed by atoms with Crippen molar-refractivity contribution in [3.05, 3.63) is 52.6 Å². The first-order valence-corrected chi connectivity index (χ1v) is 6.25. The Bertz CT molecular complexity index is 636. The Morgan fingerprint density at radius 1 is 1.40 bits per heavy atom. The van der Waals surface area contributed by atoms with Gasteiger partial charge in [-0.15, -0.1) is 0 Å². The highest BCUT2D eigenvalue weighted by Gasteiger charge is 2.08. The number of aryl methyl sites for hydroxylation is 1. The van der Waals surface area contributed by atoms with Crippen LogP contribution in [0.15, 0.2) is 24.4 Å². The molecule has 3 N–H and O–H groups in total. The maximum absolute atomic E-state index is 13.6. The first-order valence-electron chi connectivity index (χ1n) is 6.25. The van der Waals surface area contributed by atoms with Crippen LogP contribution in [0.4, 0.5) is 4.39 Å². The number of hydrogen-bond acceptors (Lipinski definition) is 3. The number of aromatic nitrogens is 2. The zero-order valence-electron chi connectivity index (χ0n) is 11.5. The van der Waals surface area contributed by atoms with Crippen molar-refractivity contribution in [2.24, 2.45) is 12.8 Å². The van der Waals surface area contributed by atoms with Crippen LogP contribution in [0.1, 0.15) is 27.2 Å².